The van der Waals surface area contributed by atoms with Gasteiger partial charge >= 0.3 is 0 Å². The number of halogens is 1. The minimum absolute atomic E-state index is 0.0479. The highest BCUT2D eigenvalue weighted by molar-refractivity contribution is 7.12. The molecule has 0 fully saturated rings. The van der Waals surface area contributed by atoms with Crippen LogP contribution in [0, 0.1) is 17.1 Å². The SMILES string of the molecule is COc1ccc(F)cc1C(C)NCc1ccc(C#N)s1. The van der Waals surface area contributed by atoms with Crippen molar-refractivity contribution in [2.45, 2.75) is 19.5 Å². The van der Waals surface area contributed by atoms with Crippen molar-refractivity contribution in [3.8, 4) is 11.8 Å². The summed E-state index contributed by atoms with van der Waals surface area (Å²) in [6, 6.07) is 10.3. The molecule has 20 heavy (non-hydrogen) atoms. The molecule has 0 amide bonds. The molecule has 1 aromatic carbocycles. The number of hydrogen-bond acceptors (Lipinski definition) is 4. The number of benzene rings is 1. The fourth-order valence-electron chi connectivity index (χ4n) is 1.94. The summed E-state index contributed by atoms with van der Waals surface area (Å²) in [7, 11) is 1.57. The standard InChI is InChI=1S/C15H15FN2OS/c1-10(14-7-11(16)3-6-15(14)19-2)18-9-13-5-4-12(8-17)20-13/h3-7,10,18H,9H2,1-2H3. The first-order valence-corrected chi connectivity index (χ1v) is 7.01. The number of methoxy groups -OCH3 is 1. The van der Waals surface area contributed by atoms with Crippen LogP contribution in [0.2, 0.25) is 0 Å². The van der Waals surface area contributed by atoms with E-state index in [0.29, 0.717) is 17.2 Å². The van der Waals surface area contributed by atoms with Crippen molar-refractivity contribution in [1.82, 2.24) is 5.32 Å². The number of thiophene rings is 1. The summed E-state index contributed by atoms with van der Waals surface area (Å²) < 4.78 is 18.6. The first-order valence-electron chi connectivity index (χ1n) is 6.19. The van der Waals surface area contributed by atoms with Crippen LogP contribution in [0.1, 0.15) is 28.3 Å². The van der Waals surface area contributed by atoms with Crippen LogP contribution in [0.15, 0.2) is 30.3 Å². The van der Waals surface area contributed by atoms with Crippen LogP contribution < -0.4 is 10.1 Å². The van der Waals surface area contributed by atoms with Gasteiger partial charge in [-0.1, -0.05) is 0 Å². The molecule has 1 unspecified atom stereocenters. The summed E-state index contributed by atoms with van der Waals surface area (Å²) in [6.45, 7) is 2.59. The molecule has 0 bridgehead atoms. The van der Waals surface area contributed by atoms with Crippen LogP contribution in [0.4, 0.5) is 4.39 Å². The second-order valence-corrected chi connectivity index (χ2v) is 5.53. The molecule has 0 aliphatic heterocycles. The van der Waals surface area contributed by atoms with Crippen molar-refractivity contribution in [2.24, 2.45) is 0 Å². The fraction of sp³-hybridized carbons (Fsp3) is 0.267. The molecule has 2 aromatic rings. The van der Waals surface area contributed by atoms with E-state index < -0.39 is 0 Å². The van der Waals surface area contributed by atoms with Crippen molar-refractivity contribution in [3.05, 3.63) is 51.5 Å². The van der Waals surface area contributed by atoms with Gasteiger partial charge in [-0.15, -0.1) is 11.3 Å². The average Bonchev–Trinajstić information content (AvgIpc) is 2.92. The number of hydrogen-bond donors (Lipinski definition) is 1. The predicted octanol–water partition coefficient (Wildman–Crippen LogP) is 3.62. The lowest BCUT2D eigenvalue weighted by Crippen LogP contribution is -2.18. The minimum Gasteiger partial charge on any atom is -0.496 e. The highest BCUT2D eigenvalue weighted by Gasteiger charge is 2.12. The number of rotatable bonds is 5. The predicted molar refractivity (Wildman–Crippen MR) is 77.2 cm³/mol. The van der Waals surface area contributed by atoms with E-state index in [0.717, 1.165) is 10.4 Å². The number of nitrogens with zero attached hydrogens (tertiary/aromatic N) is 1. The summed E-state index contributed by atoms with van der Waals surface area (Å²) in [6.07, 6.45) is 0. The number of nitrogens with one attached hydrogen (secondary N) is 1. The van der Waals surface area contributed by atoms with Gasteiger partial charge in [-0.05, 0) is 37.3 Å². The molecule has 1 N–H and O–H groups in total. The Morgan fingerprint density at radius 1 is 1.40 bits per heavy atom. The molecular weight excluding hydrogens is 275 g/mol. The second kappa shape index (κ2) is 6.51. The maximum atomic E-state index is 13.3. The molecule has 0 saturated heterocycles. The van der Waals surface area contributed by atoms with Crippen LogP contribution >= 0.6 is 11.3 Å². The van der Waals surface area contributed by atoms with Gasteiger partial charge in [0.25, 0.3) is 0 Å². The third kappa shape index (κ3) is 3.35. The van der Waals surface area contributed by atoms with Gasteiger partial charge in [-0.2, -0.15) is 5.26 Å². The monoisotopic (exact) mass is 290 g/mol. The summed E-state index contributed by atoms with van der Waals surface area (Å²) in [5, 5.41) is 12.1. The van der Waals surface area contributed by atoms with E-state index in [1.165, 1.54) is 23.5 Å². The van der Waals surface area contributed by atoms with Crippen LogP contribution in [-0.2, 0) is 6.54 Å². The first-order chi connectivity index (χ1) is 9.63. The average molecular weight is 290 g/mol. The van der Waals surface area contributed by atoms with E-state index in [-0.39, 0.29) is 11.9 Å². The molecule has 0 aliphatic rings. The van der Waals surface area contributed by atoms with E-state index in [9.17, 15) is 4.39 Å². The second-order valence-electron chi connectivity index (χ2n) is 4.37. The molecule has 2 rings (SSSR count). The normalized spacial score (nSPS) is 11.9. The minimum atomic E-state index is -0.280. The zero-order valence-corrected chi connectivity index (χ0v) is 12.1. The molecular formula is C15H15FN2OS. The Balaban J connectivity index is 2.06. The molecule has 5 heteroatoms. The van der Waals surface area contributed by atoms with E-state index in [4.69, 9.17) is 10.00 Å². The molecule has 1 aromatic heterocycles. The Kier molecular flexibility index (Phi) is 4.72. The van der Waals surface area contributed by atoms with E-state index >= 15 is 0 Å². The van der Waals surface area contributed by atoms with Crippen LogP contribution in [-0.4, -0.2) is 7.11 Å². The smallest absolute Gasteiger partial charge is 0.123 e. The van der Waals surface area contributed by atoms with Gasteiger partial charge in [0.05, 0.1) is 7.11 Å². The van der Waals surface area contributed by atoms with Gasteiger partial charge in [-0.25, -0.2) is 4.39 Å². The van der Waals surface area contributed by atoms with Gasteiger partial charge in [0.15, 0.2) is 0 Å². The Labute approximate surface area is 121 Å². The van der Waals surface area contributed by atoms with Crippen LogP contribution in [0.5, 0.6) is 5.75 Å². The lowest BCUT2D eigenvalue weighted by molar-refractivity contribution is 0.400. The Bertz CT molecular complexity index is 633. The molecule has 0 aliphatic carbocycles. The molecule has 1 heterocycles. The Morgan fingerprint density at radius 2 is 2.20 bits per heavy atom. The highest BCUT2D eigenvalue weighted by atomic mass is 32.1. The molecule has 1 atom stereocenters. The summed E-state index contributed by atoms with van der Waals surface area (Å²) in [5.41, 5.74) is 0.782. The maximum Gasteiger partial charge on any atom is 0.123 e. The van der Waals surface area contributed by atoms with Gasteiger partial charge in [0.1, 0.15) is 22.5 Å². The molecule has 3 nitrogen and oxygen atoms in total. The van der Waals surface area contributed by atoms with Gasteiger partial charge in [-0.3, -0.25) is 0 Å². The van der Waals surface area contributed by atoms with Crippen molar-refractivity contribution in [1.29, 1.82) is 5.26 Å². The third-order valence-corrected chi connectivity index (χ3v) is 4.00. The molecule has 104 valence electrons. The topological polar surface area (TPSA) is 45.0 Å². The van der Waals surface area contributed by atoms with Gasteiger partial charge < -0.3 is 10.1 Å². The lowest BCUT2D eigenvalue weighted by Gasteiger charge is -2.17. The zero-order chi connectivity index (χ0) is 14.5. The van der Waals surface area contributed by atoms with Gasteiger partial charge in [0, 0.05) is 23.0 Å². The quantitative estimate of drug-likeness (QED) is 0.914. The van der Waals surface area contributed by atoms with Crippen molar-refractivity contribution in [2.75, 3.05) is 7.11 Å². The van der Waals surface area contributed by atoms with Crippen molar-refractivity contribution >= 4 is 11.3 Å². The summed E-state index contributed by atoms with van der Waals surface area (Å²) in [5.74, 6) is 0.382. The highest BCUT2D eigenvalue weighted by Crippen LogP contribution is 2.26. The lowest BCUT2D eigenvalue weighted by atomic mass is 10.1. The molecule has 0 spiro atoms. The van der Waals surface area contributed by atoms with E-state index in [1.807, 2.05) is 13.0 Å². The van der Waals surface area contributed by atoms with Crippen LogP contribution in [0.3, 0.4) is 0 Å². The van der Waals surface area contributed by atoms with Crippen molar-refractivity contribution in [3.63, 3.8) is 0 Å². The summed E-state index contributed by atoms with van der Waals surface area (Å²) in [4.78, 5) is 1.77. The third-order valence-electron chi connectivity index (χ3n) is 3.01. The molecule has 0 radical (unpaired) electrons. The number of ether oxygens (including phenoxy) is 1. The Morgan fingerprint density at radius 3 is 2.85 bits per heavy atom. The van der Waals surface area contributed by atoms with E-state index in [2.05, 4.69) is 11.4 Å². The van der Waals surface area contributed by atoms with Gasteiger partial charge in [0.2, 0.25) is 0 Å². The van der Waals surface area contributed by atoms with Crippen molar-refractivity contribution < 1.29 is 9.13 Å². The maximum absolute atomic E-state index is 13.3. The molecule has 0 saturated carbocycles. The van der Waals surface area contributed by atoms with E-state index in [1.54, 1.807) is 19.2 Å². The number of nitriles is 1. The van der Waals surface area contributed by atoms with Crippen LogP contribution in [0.25, 0.3) is 0 Å². The largest absolute Gasteiger partial charge is 0.496 e. The first kappa shape index (κ1) is 14.5. The zero-order valence-electron chi connectivity index (χ0n) is 11.3. The Hall–Kier alpha value is -1.90. The summed E-state index contributed by atoms with van der Waals surface area (Å²) >= 11 is 1.45. The fourth-order valence-corrected chi connectivity index (χ4v) is 2.70.